The molecule has 0 unspecified atom stereocenters. The molecule has 0 spiro atoms. The van der Waals surface area contributed by atoms with Crippen LogP contribution in [-0.2, 0) is 11.3 Å². The second kappa shape index (κ2) is 11.0. The summed E-state index contributed by atoms with van der Waals surface area (Å²) in [6, 6.07) is 5.85. The molecule has 0 bridgehead atoms. The highest BCUT2D eigenvalue weighted by atomic mass is 127. The summed E-state index contributed by atoms with van der Waals surface area (Å²) in [6.07, 6.45) is -4.47. The molecule has 0 aliphatic rings. The number of nitrogens with zero attached hydrogens (tertiary/aromatic N) is 2. The Balaban J connectivity index is 0.00000576. The molecule has 0 radical (unpaired) electrons. The van der Waals surface area contributed by atoms with E-state index in [0.29, 0.717) is 18.1 Å². The van der Waals surface area contributed by atoms with E-state index in [4.69, 9.17) is 0 Å². The largest absolute Gasteiger partial charge is 0.573 e. The smallest absolute Gasteiger partial charge is 0.405 e. The second-order valence-corrected chi connectivity index (χ2v) is 5.05. The molecular formula is C15H22F3IN4O2. The molecule has 0 aliphatic heterocycles. The molecule has 0 saturated heterocycles. The number of aliphatic imine (C=N–C) groups is 1. The first-order valence-electron chi connectivity index (χ1n) is 7.21. The summed E-state index contributed by atoms with van der Waals surface area (Å²) < 4.78 is 41.1. The van der Waals surface area contributed by atoms with E-state index < -0.39 is 6.36 Å². The van der Waals surface area contributed by atoms with Crippen molar-refractivity contribution in [3.05, 3.63) is 29.8 Å². The molecule has 6 nitrogen and oxygen atoms in total. The maximum absolute atomic E-state index is 12.4. The number of carbonyl (C=O) groups is 1. The highest BCUT2D eigenvalue weighted by Gasteiger charge is 2.31. The lowest BCUT2D eigenvalue weighted by atomic mass is 10.2. The van der Waals surface area contributed by atoms with Crippen LogP contribution in [0.4, 0.5) is 13.2 Å². The van der Waals surface area contributed by atoms with Crippen LogP contribution in [0, 0.1) is 0 Å². The highest BCUT2D eigenvalue weighted by Crippen LogP contribution is 2.25. The van der Waals surface area contributed by atoms with Crippen molar-refractivity contribution in [3.63, 3.8) is 0 Å². The van der Waals surface area contributed by atoms with E-state index in [0.717, 1.165) is 0 Å². The number of hydrogen-bond donors (Lipinski definition) is 2. The molecule has 1 amide bonds. The molecular weight excluding hydrogens is 452 g/mol. The third-order valence-corrected chi connectivity index (χ3v) is 3.00. The van der Waals surface area contributed by atoms with Crippen LogP contribution in [0.25, 0.3) is 0 Å². The van der Waals surface area contributed by atoms with Crippen LogP contribution in [0.5, 0.6) is 5.75 Å². The van der Waals surface area contributed by atoms with Gasteiger partial charge < -0.3 is 20.3 Å². The van der Waals surface area contributed by atoms with Gasteiger partial charge in [-0.15, -0.1) is 37.1 Å². The van der Waals surface area contributed by atoms with E-state index in [-0.39, 0.29) is 48.6 Å². The zero-order valence-electron chi connectivity index (χ0n) is 14.2. The van der Waals surface area contributed by atoms with E-state index in [1.807, 2.05) is 0 Å². The first kappa shape index (κ1) is 23.3. The maximum atomic E-state index is 12.4. The Morgan fingerprint density at radius 1 is 1.24 bits per heavy atom. The lowest BCUT2D eigenvalue weighted by molar-refractivity contribution is -0.274. The number of alkyl halides is 3. The van der Waals surface area contributed by atoms with Crippen molar-refractivity contribution < 1.29 is 22.7 Å². The molecule has 0 atom stereocenters. The van der Waals surface area contributed by atoms with Gasteiger partial charge in [0.2, 0.25) is 5.91 Å². The van der Waals surface area contributed by atoms with Crippen molar-refractivity contribution >= 4 is 35.8 Å². The Morgan fingerprint density at radius 3 is 2.44 bits per heavy atom. The number of rotatable bonds is 6. The summed E-state index contributed by atoms with van der Waals surface area (Å²) >= 11 is 0. The van der Waals surface area contributed by atoms with Gasteiger partial charge in [0, 0.05) is 46.2 Å². The SMILES string of the molecule is CN=C(NCCC(=O)N(C)C)NCc1ccccc1OC(F)(F)F.I. The van der Waals surface area contributed by atoms with Crippen molar-refractivity contribution in [1.29, 1.82) is 0 Å². The molecule has 10 heteroatoms. The van der Waals surface area contributed by atoms with Crippen LogP contribution in [0.1, 0.15) is 12.0 Å². The fourth-order valence-corrected chi connectivity index (χ4v) is 1.79. The summed E-state index contributed by atoms with van der Waals surface area (Å²) in [4.78, 5) is 16.9. The van der Waals surface area contributed by atoms with Gasteiger partial charge in [0.25, 0.3) is 0 Å². The van der Waals surface area contributed by atoms with Gasteiger partial charge in [0.15, 0.2) is 5.96 Å². The van der Waals surface area contributed by atoms with Gasteiger partial charge in [-0.25, -0.2) is 0 Å². The number of amides is 1. The van der Waals surface area contributed by atoms with Crippen LogP contribution in [0.15, 0.2) is 29.3 Å². The van der Waals surface area contributed by atoms with E-state index in [1.54, 1.807) is 20.2 Å². The zero-order chi connectivity index (χ0) is 18.2. The third-order valence-electron chi connectivity index (χ3n) is 3.00. The van der Waals surface area contributed by atoms with Crippen LogP contribution in [0.2, 0.25) is 0 Å². The minimum absolute atomic E-state index is 0. The Bertz CT molecular complexity index is 580. The van der Waals surface area contributed by atoms with E-state index in [1.165, 1.54) is 30.1 Å². The average molecular weight is 474 g/mol. The first-order valence-corrected chi connectivity index (χ1v) is 7.21. The third kappa shape index (κ3) is 9.37. The van der Waals surface area contributed by atoms with Crippen molar-refractivity contribution in [2.45, 2.75) is 19.3 Å². The number of halogens is 4. The monoisotopic (exact) mass is 474 g/mol. The van der Waals surface area contributed by atoms with Gasteiger partial charge in [-0.05, 0) is 6.07 Å². The summed E-state index contributed by atoms with van der Waals surface area (Å²) in [5.74, 6) is 0.0704. The van der Waals surface area contributed by atoms with Crippen LogP contribution in [0.3, 0.4) is 0 Å². The standard InChI is InChI=1S/C15H21F3N4O2.HI/c1-19-14(20-9-8-13(23)22(2)3)21-10-11-6-4-5-7-12(11)24-15(16,17)18;/h4-7H,8-10H2,1-3H3,(H2,19,20,21);1H. The molecule has 0 fully saturated rings. The van der Waals surface area contributed by atoms with E-state index in [9.17, 15) is 18.0 Å². The molecule has 1 aromatic rings. The molecule has 0 saturated carbocycles. The fourth-order valence-electron chi connectivity index (χ4n) is 1.79. The molecule has 0 heterocycles. The first-order chi connectivity index (χ1) is 11.2. The number of guanidine groups is 1. The van der Waals surface area contributed by atoms with Crippen molar-refractivity contribution in [3.8, 4) is 5.75 Å². The molecule has 0 aromatic heterocycles. The minimum atomic E-state index is -4.75. The van der Waals surface area contributed by atoms with Crippen molar-refractivity contribution in [2.24, 2.45) is 4.99 Å². The molecule has 2 N–H and O–H groups in total. The number of carbonyl (C=O) groups excluding carboxylic acids is 1. The topological polar surface area (TPSA) is 66.0 Å². The van der Waals surface area contributed by atoms with Crippen molar-refractivity contribution in [1.82, 2.24) is 15.5 Å². The quantitative estimate of drug-likeness (QED) is 0.378. The zero-order valence-corrected chi connectivity index (χ0v) is 16.5. The maximum Gasteiger partial charge on any atom is 0.573 e. The number of hydrogen-bond acceptors (Lipinski definition) is 3. The number of benzene rings is 1. The summed E-state index contributed by atoms with van der Waals surface area (Å²) in [5, 5.41) is 5.80. The minimum Gasteiger partial charge on any atom is -0.405 e. The van der Waals surface area contributed by atoms with Crippen LogP contribution >= 0.6 is 24.0 Å². The van der Waals surface area contributed by atoms with Gasteiger partial charge in [-0.2, -0.15) is 0 Å². The molecule has 1 aromatic carbocycles. The predicted octanol–water partition coefficient (Wildman–Crippen LogP) is 2.35. The summed E-state index contributed by atoms with van der Waals surface area (Å²) in [6.45, 7) is 0.449. The van der Waals surface area contributed by atoms with Crippen molar-refractivity contribution in [2.75, 3.05) is 27.7 Å². The van der Waals surface area contributed by atoms with Gasteiger partial charge in [-0.3, -0.25) is 9.79 Å². The number of para-hydroxylation sites is 1. The van der Waals surface area contributed by atoms with E-state index in [2.05, 4.69) is 20.4 Å². The normalized spacial score (nSPS) is 11.4. The number of nitrogens with one attached hydrogen (secondary N) is 2. The van der Waals surface area contributed by atoms with Gasteiger partial charge in [0.1, 0.15) is 5.75 Å². The Morgan fingerprint density at radius 2 is 1.88 bits per heavy atom. The van der Waals surface area contributed by atoms with Gasteiger partial charge in [0.05, 0.1) is 0 Å². The fraction of sp³-hybridized carbons (Fsp3) is 0.467. The van der Waals surface area contributed by atoms with Crippen LogP contribution in [-0.4, -0.2) is 50.8 Å². The molecule has 0 aliphatic carbocycles. The lowest BCUT2D eigenvalue weighted by Gasteiger charge is -2.16. The predicted molar refractivity (Wildman–Crippen MR) is 100 cm³/mol. The lowest BCUT2D eigenvalue weighted by Crippen LogP contribution is -2.39. The Hall–Kier alpha value is -1.72. The average Bonchev–Trinajstić information content (AvgIpc) is 2.50. The highest BCUT2D eigenvalue weighted by molar-refractivity contribution is 14.0. The Labute approximate surface area is 161 Å². The van der Waals surface area contributed by atoms with Gasteiger partial charge in [-0.1, -0.05) is 18.2 Å². The molecule has 142 valence electrons. The summed E-state index contributed by atoms with van der Waals surface area (Å²) in [7, 11) is 4.85. The Kier molecular flexibility index (Phi) is 10.2. The molecule has 25 heavy (non-hydrogen) atoms. The number of ether oxygens (including phenoxy) is 1. The van der Waals surface area contributed by atoms with E-state index >= 15 is 0 Å². The second-order valence-electron chi connectivity index (χ2n) is 5.05. The van der Waals surface area contributed by atoms with Gasteiger partial charge >= 0.3 is 6.36 Å². The summed E-state index contributed by atoms with van der Waals surface area (Å²) in [5.41, 5.74) is 0.335. The van der Waals surface area contributed by atoms with Crippen LogP contribution < -0.4 is 15.4 Å². The molecule has 1 rings (SSSR count).